The van der Waals surface area contributed by atoms with Gasteiger partial charge in [0.1, 0.15) is 6.04 Å². The predicted octanol–water partition coefficient (Wildman–Crippen LogP) is 0.0917. The molecule has 2 unspecified atom stereocenters. The summed E-state index contributed by atoms with van der Waals surface area (Å²) in [7, 11) is 0. The number of rotatable bonds is 3. The number of hydrogen-bond donors (Lipinski definition) is 2. The number of nitrogens with zero attached hydrogens (tertiary/aromatic N) is 1. The predicted molar refractivity (Wildman–Crippen MR) is 63.0 cm³/mol. The highest BCUT2D eigenvalue weighted by Gasteiger charge is 2.34. The van der Waals surface area contributed by atoms with Crippen LogP contribution in [-0.2, 0) is 19.1 Å². The van der Waals surface area contributed by atoms with Gasteiger partial charge in [-0.15, -0.1) is 11.3 Å². The Morgan fingerprint density at radius 2 is 2.44 bits per heavy atom. The Morgan fingerprint density at radius 1 is 1.67 bits per heavy atom. The number of carboxylic acids is 1. The fraction of sp³-hybridized carbons (Fsp3) is 0.500. The van der Waals surface area contributed by atoms with Crippen molar-refractivity contribution in [3.8, 4) is 0 Å². The average Bonchev–Trinajstić information content (AvgIpc) is 3.04. The zero-order valence-corrected chi connectivity index (χ0v) is 10.6. The number of nitrogens with one attached hydrogen (secondary N) is 1. The lowest BCUT2D eigenvalue weighted by atomic mass is 10.3. The summed E-state index contributed by atoms with van der Waals surface area (Å²) < 4.78 is 9.51. The third-order valence-corrected chi connectivity index (χ3v) is 2.45. The summed E-state index contributed by atoms with van der Waals surface area (Å²) >= 11 is 1.60. The monoisotopic (exact) mass is 274 g/mol. The number of carbonyl (C=O) groups excluding carboxylic acids is 1. The summed E-state index contributed by atoms with van der Waals surface area (Å²) in [6.45, 7) is 1.90. The molecule has 0 aromatic carbocycles. The Hall–Kier alpha value is -1.51. The summed E-state index contributed by atoms with van der Waals surface area (Å²) in [4.78, 5) is 25.2. The molecule has 0 radical (unpaired) electrons. The van der Waals surface area contributed by atoms with Gasteiger partial charge in [0.25, 0.3) is 0 Å². The van der Waals surface area contributed by atoms with E-state index in [2.05, 4.69) is 15.0 Å². The van der Waals surface area contributed by atoms with Gasteiger partial charge in [-0.3, -0.25) is 15.1 Å². The lowest BCUT2D eigenvalue weighted by molar-refractivity contribution is -0.154. The molecule has 2 N–H and O–H groups in total. The smallest absolute Gasteiger partial charge is 0.350 e. The van der Waals surface area contributed by atoms with Crippen molar-refractivity contribution in [3.05, 3.63) is 17.1 Å². The van der Waals surface area contributed by atoms with Crippen LogP contribution >= 0.6 is 11.3 Å². The fourth-order valence-corrected chi connectivity index (χ4v) is 1.50. The maximum Gasteiger partial charge on any atom is 0.350 e. The summed E-state index contributed by atoms with van der Waals surface area (Å²) in [6.07, 6.45) is 0.825. The SMILES string of the molecule is CCOC(=O)C1NC(C(=O)O)CO1.c1cscn1. The molecule has 0 amide bonds. The topological polar surface area (TPSA) is 97.8 Å². The lowest BCUT2D eigenvalue weighted by Gasteiger charge is -2.08. The average molecular weight is 274 g/mol. The van der Waals surface area contributed by atoms with Gasteiger partial charge in [-0.2, -0.15) is 0 Å². The van der Waals surface area contributed by atoms with Gasteiger partial charge in [0.15, 0.2) is 0 Å². The van der Waals surface area contributed by atoms with Gasteiger partial charge in [0.2, 0.25) is 6.23 Å². The Kier molecular flexibility index (Phi) is 6.26. The second kappa shape index (κ2) is 7.75. The van der Waals surface area contributed by atoms with Crippen molar-refractivity contribution in [1.29, 1.82) is 0 Å². The molecule has 0 saturated carbocycles. The zero-order chi connectivity index (χ0) is 13.4. The first-order chi connectivity index (χ1) is 8.65. The summed E-state index contributed by atoms with van der Waals surface area (Å²) in [6, 6.07) is -0.825. The second-order valence-corrected chi connectivity index (χ2v) is 3.95. The second-order valence-electron chi connectivity index (χ2n) is 3.20. The molecule has 2 heterocycles. The van der Waals surface area contributed by atoms with E-state index in [4.69, 9.17) is 9.84 Å². The van der Waals surface area contributed by atoms with Gasteiger partial charge < -0.3 is 14.6 Å². The van der Waals surface area contributed by atoms with Crippen LogP contribution in [0.5, 0.6) is 0 Å². The van der Waals surface area contributed by atoms with Crippen LogP contribution in [0.25, 0.3) is 0 Å². The molecule has 2 atom stereocenters. The zero-order valence-electron chi connectivity index (χ0n) is 9.74. The number of aliphatic carboxylic acids is 1. The van der Waals surface area contributed by atoms with Crippen LogP contribution < -0.4 is 5.32 Å². The summed E-state index contributed by atoms with van der Waals surface area (Å²) in [5.41, 5.74) is 1.79. The Balaban J connectivity index is 0.000000269. The minimum atomic E-state index is -1.04. The van der Waals surface area contributed by atoms with E-state index in [0.717, 1.165) is 0 Å². The molecule has 0 spiro atoms. The lowest BCUT2D eigenvalue weighted by Crippen LogP contribution is -2.41. The number of carboxylic acid groups (broad SMARTS) is 1. The Labute approximate surface area is 108 Å². The van der Waals surface area contributed by atoms with Crippen molar-refractivity contribution in [2.45, 2.75) is 19.2 Å². The molecular weight excluding hydrogens is 260 g/mol. The minimum Gasteiger partial charge on any atom is -0.480 e. The van der Waals surface area contributed by atoms with Crippen LogP contribution in [-0.4, -0.2) is 47.5 Å². The number of esters is 1. The molecule has 100 valence electrons. The number of ether oxygens (including phenoxy) is 2. The van der Waals surface area contributed by atoms with E-state index < -0.39 is 24.2 Å². The van der Waals surface area contributed by atoms with Crippen molar-refractivity contribution in [2.24, 2.45) is 0 Å². The number of carbonyl (C=O) groups is 2. The molecule has 1 saturated heterocycles. The molecule has 1 aliphatic heterocycles. The highest BCUT2D eigenvalue weighted by Crippen LogP contribution is 2.04. The molecule has 0 bridgehead atoms. The van der Waals surface area contributed by atoms with Crippen molar-refractivity contribution in [1.82, 2.24) is 10.3 Å². The molecule has 1 aliphatic rings. The maximum absolute atomic E-state index is 11.0. The molecule has 8 heteroatoms. The van der Waals surface area contributed by atoms with Gasteiger partial charge in [0.05, 0.1) is 18.7 Å². The van der Waals surface area contributed by atoms with Crippen molar-refractivity contribution >= 4 is 23.3 Å². The van der Waals surface area contributed by atoms with E-state index in [9.17, 15) is 9.59 Å². The van der Waals surface area contributed by atoms with Crippen LogP contribution in [0.3, 0.4) is 0 Å². The number of hydrogen-bond acceptors (Lipinski definition) is 7. The first-order valence-electron chi connectivity index (χ1n) is 5.24. The molecule has 7 nitrogen and oxygen atoms in total. The van der Waals surface area contributed by atoms with Crippen LogP contribution in [0.4, 0.5) is 0 Å². The quantitative estimate of drug-likeness (QED) is 0.754. The van der Waals surface area contributed by atoms with Crippen molar-refractivity contribution < 1.29 is 24.2 Å². The van der Waals surface area contributed by atoms with Crippen LogP contribution in [0, 0.1) is 0 Å². The van der Waals surface area contributed by atoms with Crippen molar-refractivity contribution in [2.75, 3.05) is 13.2 Å². The van der Waals surface area contributed by atoms with E-state index in [-0.39, 0.29) is 13.2 Å². The molecule has 1 aromatic rings. The standard InChI is InChI=1S/C7H11NO5.C3H3NS/c1-2-12-7(11)5-8-4(3-13-5)6(9)10;1-2-5-3-4-1/h4-5,8H,2-3H2,1H3,(H,9,10);1-3H. The normalized spacial score (nSPS) is 21.8. The van der Waals surface area contributed by atoms with E-state index in [1.54, 1.807) is 30.0 Å². The van der Waals surface area contributed by atoms with Crippen LogP contribution in [0.2, 0.25) is 0 Å². The van der Waals surface area contributed by atoms with Gasteiger partial charge in [-0.1, -0.05) is 0 Å². The van der Waals surface area contributed by atoms with Crippen LogP contribution in [0.15, 0.2) is 17.1 Å². The van der Waals surface area contributed by atoms with Crippen LogP contribution in [0.1, 0.15) is 6.92 Å². The third-order valence-electron chi connectivity index (χ3n) is 1.93. The number of aromatic nitrogens is 1. The Bertz CT molecular complexity index is 353. The number of thiazole rings is 1. The highest BCUT2D eigenvalue weighted by molar-refractivity contribution is 7.07. The van der Waals surface area contributed by atoms with Gasteiger partial charge in [0, 0.05) is 11.6 Å². The summed E-state index contributed by atoms with van der Waals surface area (Å²) in [5.74, 6) is -1.61. The fourth-order valence-electron chi connectivity index (χ4n) is 1.14. The summed E-state index contributed by atoms with van der Waals surface area (Å²) in [5, 5.41) is 13.0. The van der Waals surface area contributed by atoms with Crippen molar-refractivity contribution in [3.63, 3.8) is 0 Å². The molecule has 2 rings (SSSR count). The van der Waals surface area contributed by atoms with E-state index in [1.807, 2.05) is 5.38 Å². The van der Waals surface area contributed by atoms with Gasteiger partial charge in [-0.05, 0) is 6.92 Å². The third kappa shape index (κ3) is 4.78. The minimum absolute atomic E-state index is 0.0151. The highest BCUT2D eigenvalue weighted by atomic mass is 32.1. The van der Waals surface area contributed by atoms with E-state index >= 15 is 0 Å². The van der Waals surface area contributed by atoms with E-state index in [1.165, 1.54) is 0 Å². The van der Waals surface area contributed by atoms with Gasteiger partial charge in [-0.25, -0.2) is 4.79 Å². The molecule has 0 aliphatic carbocycles. The Morgan fingerprint density at radius 3 is 2.83 bits per heavy atom. The first-order valence-corrected chi connectivity index (χ1v) is 6.18. The molecular formula is C10H14N2O5S. The first kappa shape index (κ1) is 14.6. The van der Waals surface area contributed by atoms with Gasteiger partial charge >= 0.3 is 11.9 Å². The molecule has 1 aromatic heterocycles. The van der Waals surface area contributed by atoms with E-state index in [0.29, 0.717) is 0 Å². The molecule has 1 fully saturated rings. The maximum atomic E-state index is 11.0. The molecule has 18 heavy (non-hydrogen) atoms. The largest absolute Gasteiger partial charge is 0.480 e.